The van der Waals surface area contributed by atoms with Gasteiger partial charge in [-0.1, -0.05) is 0 Å². The van der Waals surface area contributed by atoms with Crippen LogP contribution in [0.4, 0.5) is 36.6 Å². The third-order valence-corrected chi connectivity index (χ3v) is 9.45. The molecule has 0 radical (unpaired) electrons. The Balaban J connectivity index is 1.12. The number of carbonyl (C=O) groups excluding carboxylic acids is 3. The van der Waals surface area contributed by atoms with E-state index in [-0.39, 0.29) is 46.2 Å². The third-order valence-electron chi connectivity index (χ3n) is 7.65. The molecule has 4 amide bonds. The molecule has 13 nitrogen and oxygen atoms in total. The Morgan fingerprint density at radius 1 is 0.958 bits per heavy atom. The van der Waals surface area contributed by atoms with Crippen molar-refractivity contribution in [3.05, 3.63) is 90.8 Å². The van der Waals surface area contributed by atoms with Crippen molar-refractivity contribution in [2.24, 2.45) is 5.92 Å². The van der Waals surface area contributed by atoms with E-state index in [1.165, 1.54) is 79.9 Å². The molecule has 1 aliphatic heterocycles. The number of ether oxygens (including phenoxy) is 1. The van der Waals surface area contributed by atoms with Gasteiger partial charge in [-0.25, -0.2) is 41.2 Å². The second kappa shape index (κ2) is 13.0. The Labute approximate surface area is 274 Å². The van der Waals surface area contributed by atoms with Crippen LogP contribution in [-0.4, -0.2) is 72.1 Å². The molecule has 2 aromatic carbocycles. The van der Waals surface area contributed by atoms with Crippen molar-refractivity contribution >= 4 is 50.9 Å². The number of carbonyl (C=O) groups is 3. The van der Waals surface area contributed by atoms with E-state index in [4.69, 9.17) is 4.74 Å². The number of aromatic nitrogens is 2. The molecule has 2 aliphatic rings. The van der Waals surface area contributed by atoms with E-state index in [1.807, 2.05) is 0 Å². The van der Waals surface area contributed by atoms with Crippen LogP contribution in [0.1, 0.15) is 12.8 Å². The van der Waals surface area contributed by atoms with Gasteiger partial charge in [-0.3, -0.25) is 9.59 Å². The lowest BCUT2D eigenvalue weighted by Crippen LogP contribution is -2.60. The van der Waals surface area contributed by atoms with Gasteiger partial charge >= 0.3 is 6.03 Å². The van der Waals surface area contributed by atoms with Crippen LogP contribution < -0.4 is 20.3 Å². The van der Waals surface area contributed by atoms with Gasteiger partial charge in [-0.2, -0.15) is 0 Å². The van der Waals surface area contributed by atoms with Gasteiger partial charge in [0.15, 0.2) is 11.6 Å². The first-order chi connectivity index (χ1) is 22.9. The summed E-state index contributed by atoms with van der Waals surface area (Å²) in [6.07, 6.45) is 4.10. The summed E-state index contributed by atoms with van der Waals surface area (Å²) in [6.45, 7) is -0.136. The highest BCUT2D eigenvalue weighted by atomic mass is 32.2. The molecule has 16 heteroatoms. The van der Waals surface area contributed by atoms with Gasteiger partial charge in [0.25, 0.3) is 0 Å². The van der Waals surface area contributed by atoms with Crippen molar-refractivity contribution in [3.63, 3.8) is 0 Å². The minimum absolute atomic E-state index is 0.0193. The molecule has 1 atom stereocenters. The lowest BCUT2D eigenvalue weighted by atomic mass is 10.0. The first-order valence-electron chi connectivity index (χ1n) is 14.7. The average Bonchev–Trinajstić information content (AvgIpc) is 3.89. The molecule has 0 bridgehead atoms. The van der Waals surface area contributed by atoms with Gasteiger partial charge in [0, 0.05) is 56.9 Å². The van der Waals surface area contributed by atoms with E-state index in [1.54, 1.807) is 0 Å². The maximum absolute atomic E-state index is 15.2. The fraction of sp³-hybridized carbons (Fsp3) is 0.219. The molecule has 2 fully saturated rings. The van der Waals surface area contributed by atoms with Gasteiger partial charge in [-0.05, 0) is 67.4 Å². The highest BCUT2D eigenvalue weighted by Gasteiger charge is 2.48. The number of sulfonamides is 1. The van der Waals surface area contributed by atoms with E-state index >= 15 is 4.39 Å². The van der Waals surface area contributed by atoms with Crippen LogP contribution in [-0.2, 0) is 19.6 Å². The van der Waals surface area contributed by atoms with Crippen LogP contribution in [0.3, 0.4) is 0 Å². The summed E-state index contributed by atoms with van der Waals surface area (Å²) in [5.41, 5.74) is 0.199. The first kappa shape index (κ1) is 32.5. The zero-order valence-corrected chi connectivity index (χ0v) is 26.4. The summed E-state index contributed by atoms with van der Waals surface area (Å²) in [7, 11) is -0.808. The Kier molecular flexibility index (Phi) is 8.77. The SMILES string of the molecule is CN(C)S(=O)(=O)c1ccc(Nc2cc(Oc3ccc(NC(=O)C4CN(C5CC5)C(=O)N(c5ccc(F)cc5)C4=O)cc3F)ccn2)nc1. The quantitative estimate of drug-likeness (QED) is 0.227. The Morgan fingerprint density at radius 3 is 2.35 bits per heavy atom. The summed E-state index contributed by atoms with van der Waals surface area (Å²) < 4.78 is 60.0. The van der Waals surface area contributed by atoms with Gasteiger partial charge in [-0.15, -0.1) is 0 Å². The Bertz CT molecular complexity index is 1990. The zero-order chi connectivity index (χ0) is 34.2. The largest absolute Gasteiger partial charge is 0.454 e. The van der Waals surface area contributed by atoms with Crippen molar-refractivity contribution in [1.29, 1.82) is 0 Å². The molecule has 48 heavy (non-hydrogen) atoms. The highest BCUT2D eigenvalue weighted by Crippen LogP contribution is 2.34. The zero-order valence-electron chi connectivity index (χ0n) is 25.6. The van der Waals surface area contributed by atoms with Crippen molar-refractivity contribution < 1.29 is 36.3 Å². The molecule has 2 N–H and O–H groups in total. The molecule has 3 heterocycles. The van der Waals surface area contributed by atoms with Gasteiger partial charge < -0.3 is 20.3 Å². The lowest BCUT2D eigenvalue weighted by molar-refractivity contribution is -0.132. The number of amides is 4. The Morgan fingerprint density at radius 2 is 1.71 bits per heavy atom. The summed E-state index contributed by atoms with van der Waals surface area (Å²) >= 11 is 0. The number of anilines is 4. The molecular formula is C32H29F2N7O6S. The highest BCUT2D eigenvalue weighted by molar-refractivity contribution is 7.89. The monoisotopic (exact) mass is 677 g/mol. The minimum atomic E-state index is -3.64. The smallest absolute Gasteiger partial charge is 0.331 e. The summed E-state index contributed by atoms with van der Waals surface area (Å²) in [6, 6.07) is 13.7. The summed E-state index contributed by atoms with van der Waals surface area (Å²) in [4.78, 5) is 50.5. The van der Waals surface area contributed by atoms with Crippen molar-refractivity contribution in [3.8, 4) is 11.5 Å². The number of halogens is 2. The second-order valence-corrected chi connectivity index (χ2v) is 13.4. The van der Waals surface area contributed by atoms with Gasteiger partial charge in [0.2, 0.25) is 21.8 Å². The number of benzene rings is 2. The molecule has 0 spiro atoms. The first-order valence-corrected chi connectivity index (χ1v) is 16.1. The standard InChI is InChI=1S/C32H29F2N7O6S/c1-39(2)48(45,46)24-10-12-28(36-17-24)38-29-16-23(13-14-35-29)47-27-11-5-20(15-26(27)34)37-30(42)25-18-40(21-8-9-21)32(44)41(31(25)43)22-6-3-19(33)4-7-22/h3-7,10-17,21,25H,8-9,18H2,1-2H3,(H,37,42)(H,35,36,38). The lowest BCUT2D eigenvalue weighted by Gasteiger charge is -2.38. The fourth-order valence-electron chi connectivity index (χ4n) is 4.96. The van der Waals surface area contributed by atoms with E-state index in [0.29, 0.717) is 5.82 Å². The van der Waals surface area contributed by atoms with Crippen LogP contribution in [0, 0.1) is 17.6 Å². The second-order valence-electron chi connectivity index (χ2n) is 11.3. The third kappa shape index (κ3) is 6.79. The van der Waals surface area contributed by atoms with Gasteiger partial charge in [0.05, 0.1) is 5.69 Å². The van der Waals surface area contributed by atoms with E-state index < -0.39 is 45.4 Å². The number of nitrogens with one attached hydrogen (secondary N) is 2. The average molecular weight is 678 g/mol. The molecule has 1 saturated carbocycles. The maximum Gasteiger partial charge on any atom is 0.331 e. The number of urea groups is 1. The number of rotatable bonds is 10. The normalized spacial score (nSPS) is 16.6. The van der Waals surface area contributed by atoms with E-state index in [2.05, 4.69) is 20.6 Å². The minimum Gasteiger partial charge on any atom is -0.454 e. The van der Waals surface area contributed by atoms with Crippen LogP contribution in [0.2, 0.25) is 0 Å². The topological polar surface area (TPSA) is 154 Å². The molecule has 1 unspecified atom stereocenters. The molecular weight excluding hydrogens is 648 g/mol. The number of imide groups is 1. The van der Waals surface area contributed by atoms with E-state index in [9.17, 15) is 27.2 Å². The molecule has 4 aromatic rings. The number of hydrogen-bond acceptors (Lipinski definition) is 9. The number of pyridine rings is 2. The van der Waals surface area contributed by atoms with Crippen LogP contribution >= 0.6 is 0 Å². The Hall–Kier alpha value is -5.48. The molecule has 248 valence electrons. The molecule has 6 rings (SSSR count). The van der Waals surface area contributed by atoms with Crippen LogP contribution in [0.5, 0.6) is 11.5 Å². The number of nitrogens with zero attached hydrogens (tertiary/aromatic N) is 5. The van der Waals surface area contributed by atoms with Crippen LogP contribution in [0.25, 0.3) is 0 Å². The van der Waals surface area contributed by atoms with Gasteiger partial charge in [0.1, 0.15) is 34.0 Å². The summed E-state index contributed by atoms with van der Waals surface area (Å²) in [5, 5.41) is 5.48. The van der Waals surface area contributed by atoms with Crippen molar-refractivity contribution in [1.82, 2.24) is 19.2 Å². The van der Waals surface area contributed by atoms with Crippen molar-refractivity contribution in [2.75, 3.05) is 36.2 Å². The van der Waals surface area contributed by atoms with E-state index in [0.717, 1.165) is 40.2 Å². The fourth-order valence-corrected chi connectivity index (χ4v) is 5.80. The maximum atomic E-state index is 15.2. The van der Waals surface area contributed by atoms with Crippen molar-refractivity contribution in [2.45, 2.75) is 23.8 Å². The summed E-state index contributed by atoms with van der Waals surface area (Å²) in [5.74, 6) is -3.48. The molecule has 1 saturated heterocycles. The predicted molar refractivity (Wildman–Crippen MR) is 170 cm³/mol. The molecule has 2 aromatic heterocycles. The molecule has 1 aliphatic carbocycles. The number of hydrogen-bond donors (Lipinski definition) is 2. The predicted octanol–water partition coefficient (Wildman–Crippen LogP) is 4.73. The van der Waals surface area contributed by atoms with Crippen LogP contribution in [0.15, 0.2) is 84.0 Å².